The molecule has 16 nitrogen and oxygen atoms in total. The molecule has 0 amide bonds. The van der Waals surface area contributed by atoms with Crippen LogP contribution in [0.25, 0.3) is 0 Å². The lowest BCUT2D eigenvalue weighted by atomic mass is 9.98. The standard InChI is InChI=1S/C30H43NO15/c1-14(2-3-15-4-6-17(34)18(35)10-15)31-9-8-16-5-7-21(19(36)11-16)44-29(43)26(41)25(40)28(20(37)12-32)46-30-27(42)24(39)23(38)22(13-33)45-30/h4-7,10-11,14,20,22-28,30-42H,2-3,8-9,12-13H2,1H3/t14?,20-,22-,23+,24+,25-,26-,27-,28-,30+/m1/s1. The Bertz CT molecular complexity index is 1260. The Balaban J connectivity index is 1.54. The number of aliphatic hydroxyl groups excluding tert-OH is 8. The third-order valence-electron chi connectivity index (χ3n) is 7.65. The number of aromatic hydroxyl groups is 3. The number of carbonyl (C=O) groups excluding carboxylic acids is 1. The fourth-order valence-corrected chi connectivity index (χ4v) is 4.80. The number of aliphatic hydroxyl groups is 8. The molecule has 0 aromatic heterocycles. The molecule has 0 radical (unpaired) electrons. The maximum Gasteiger partial charge on any atom is 0.343 e. The third kappa shape index (κ3) is 9.69. The van der Waals surface area contributed by atoms with Crippen molar-refractivity contribution in [3.05, 3.63) is 47.5 Å². The zero-order valence-corrected chi connectivity index (χ0v) is 25.0. The van der Waals surface area contributed by atoms with Gasteiger partial charge in [0.25, 0.3) is 0 Å². The minimum atomic E-state index is -2.41. The normalized spacial score (nSPS) is 24.9. The van der Waals surface area contributed by atoms with Crippen molar-refractivity contribution in [3.8, 4) is 23.0 Å². The van der Waals surface area contributed by atoms with E-state index >= 15 is 0 Å². The predicted octanol–water partition coefficient (Wildman–Crippen LogP) is -2.88. The van der Waals surface area contributed by atoms with E-state index in [1.807, 2.05) is 6.92 Å². The van der Waals surface area contributed by atoms with Gasteiger partial charge < -0.3 is 75.7 Å². The summed E-state index contributed by atoms with van der Waals surface area (Å²) in [5, 5.41) is 113. The molecule has 1 saturated heterocycles. The van der Waals surface area contributed by atoms with Gasteiger partial charge in [-0.05, 0) is 68.1 Å². The van der Waals surface area contributed by atoms with Gasteiger partial charge in [0.2, 0.25) is 0 Å². The molecule has 12 N–H and O–H groups in total. The van der Waals surface area contributed by atoms with Gasteiger partial charge in [-0.1, -0.05) is 12.1 Å². The summed E-state index contributed by atoms with van der Waals surface area (Å²) in [7, 11) is 0. The van der Waals surface area contributed by atoms with Crippen LogP contribution in [0.3, 0.4) is 0 Å². The lowest BCUT2D eigenvalue weighted by Gasteiger charge is -2.42. The number of aryl methyl sites for hydroxylation is 1. The second kappa shape index (κ2) is 17.1. The van der Waals surface area contributed by atoms with Gasteiger partial charge in [-0.3, -0.25) is 0 Å². The van der Waals surface area contributed by atoms with Crippen LogP contribution in [-0.4, -0.2) is 143 Å². The monoisotopic (exact) mass is 657 g/mol. The van der Waals surface area contributed by atoms with Crippen LogP contribution in [0, 0.1) is 0 Å². The zero-order chi connectivity index (χ0) is 34.1. The first-order valence-electron chi connectivity index (χ1n) is 14.7. The summed E-state index contributed by atoms with van der Waals surface area (Å²) in [6.07, 6.45) is -15.6. The number of carbonyl (C=O) groups is 1. The van der Waals surface area contributed by atoms with E-state index in [1.54, 1.807) is 12.1 Å². The highest BCUT2D eigenvalue weighted by Crippen LogP contribution is 2.29. The Morgan fingerprint density at radius 2 is 1.54 bits per heavy atom. The average molecular weight is 658 g/mol. The molecule has 10 atom stereocenters. The van der Waals surface area contributed by atoms with Gasteiger partial charge in [-0.25, -0.2) is 4.79 Å². The lowest BCUT2D eigenvalue weighted by Crippen LogP contribution is -2.61. The van der Waals surface area contributed by atoms with Crippen LogP contribution in [0.5, 0.6) is 23.0 Å². The van der Waals surface area contributed by atoms with Gasteiger partial charge in [0, 0.05) is 6.04 Å². The quantitative estimate of drug-likeness (QED) is 0.0491. The summed E-state index contributed by atoms with van der Waals surface area (Å²) in [5.41, 5.74) is 1.55. The number of esters is 1. The molecular formula is C30H43NO15. The Hall–Kier alpha value is -3.13. The van der Waals surface area contributed by atoms with Crippen molar-refractivity contribution in [1.82, 2.24) is 5.32 Å². The number of phenols is 3. The lowest BCUT2D eigenvalue weighted by molar-refractivity contribution is -0.326. The Kier molecular flexibility index (Phi) is 13.9. The summed E-state index contributed by atoms with van der Waals surface area (Å²) < 4.78 is 15.5. The predicted molar refractivity (Wildman–Crippen MR) is 157 cm³/mol. The third-order valence-corrected chi connectivity index (χ3v) is 7.65. The number of hydrogen-bond acceptors (Lipinski definition) is 16. The van der Waals surface area contributed by atoms with E-state index in [9.17, 15) is 61.0 Å². The molecule has 1 heterocycles. The SMILES string of the molecule is CC(CCc1ccc(O)c(O)c1)NCCc1ccc(OC(=O)[C@H](O)[C@@H](O)[C@H](O[C@@H]2O[C@H](CO)[C@H](O)[C@H](O)[C@H]2O)[C@H](O)CO)c(O)c1. The zero-order valence-electron chi connectivity index (χ0n) is 25.0. The first kappa shape index (κ1) is 37.3. The molecule has 2 aromatic carbocycles. The van der Waals surface area contributed by atoms with Crippen LogP contribution in [0.2, 0.25) is 0 Å². The molecule has 46 heavy (non-hydrogen) atoms. The number of phenolic OH excluding ortho intramolecular Hbond substituents is 3. The van der Waals surface area contributed by atoms with Crippen LogP contribution in [0.4, 0.5) is 0 Å². The first-order chi connectivity index (χ1) is 21.8. The maximum absolute atomic E-state index is 12.6. The molecule has 1 unspecified atom stereocenters. The van der Waals surface area contributed by atoms with Gasteiger partial charge in [-0.2, -0.15) is 0 Å². The van der Waals surface area contributed by atoms with E-state index < -0.39 is 80.1 Å². The van der Waals surface area contributed by atoms with Crippen molar-refractivity contribution < 1.29 is 75.2 Å². The topological polar surface area (TPSA) is 279 Å². The van der Waals surface area contributed by atoms with Crippen molar-refractivity contribution in [1.29, 1.82) is 0 Å². The fraction of sp³-hybridized carbons (Fsp3) is 0.567. The van der Waals surface area contributed by atoms with Gasteiger partial charge in [0.05, 0.1) is 13.2 Å². The van der Waals surface area contributed by atoms with Crippen molar-refractivity contribution in [2.45, 2.75) is 87.3 Å². The largest absolute Gasteiger partial charge is 0.504 e. The first-order valence-corrected chi connectivity index (χ1v) is 14.7. The van der Waals surface area contributed by atoms with Crippen LogP contribution >= 0.6 is 0 Å². The molecule has 2 aromatic rings. The molecule has 0 bridgehead atoms. The summed E-state index contributed by atoms with van der Waals surface area (Å²) >= 11 is 0. The van der Waals surface area contributed by atoms with E-state index in [0.29, 0.717) is 24.9 Å². The highest BCUT2D eigenvalue weighted by Gasteiger charge is 2.47. The summed E-state index contributed by atoms with van der Waals surface area (Å²) in [5.74, 6) is -2.63. The molecule has 1 aliphatic heterocycles. The maximum atomic E-state index is 12.6. The number of rotatable bonds is 16. The van der Waals surface area contributed by atoms with Gasteiger partial charge in [0.1, 0.15) is 42.7 Å². The highest BCUT2D eigenvalue weighted by atomic mass is 16.7. The van der Waals surface area contributed by atoms with Crippen LogP contribution < -0.4 is 10.1 Å². The van der Waals surface area contributed by atoms with Crippen LogP contribution in [-0.2, 0) is 27.1 Å². The van der Waals surface area contributed by atoms with Crippen molar-refractivity contribution in [2.75, 3.05) is 19.8 Å². The second-order valence-corrected chi connectivity index (χ2v) is 11.2. The second-order valence-electron chi connectivity index (χ2n) is 11.2. The van der Waals surface area contributed by atoms with Crippen LogP contribution in [0.1, 0.15) is 24.5 Å². The Morgan fingerprint density at radius 3 is 2.17 bits per heavy atom. The summed E-state index contributed by atoms with van der Waals surface area (Å²) in [4.78, 5) is 12.6. The average Bonchev–Trinajstić information content (AvgIpc) is 3.04. The Morgan fingerprint density at radius 1 is 0.891 bits per heavy atom. The van der Waals surface area contributed by atoms with E-state index in [4.69, 9.17) is 14.2 Å². The molecule has 0 saturated carbocycles. The Labute approximate surface area is 264 Å². The smallest absolute Gasteiger partial charge is 0.343 e. The number of benzene rings is 2. The number of nitrogens with one attached hydrogen (secondary N) is 1. The van der Waals surface area contributed by atoms with E-state index in [2.05, 4.69) is 5.32 Å². The van der Waals surface area contributed by atoms with Gasteiger partial charge in [-0.15, -0.1) is 0 Å². The van der Waals surface area contributed by atoms with Crippen molar-refractivity contribution >= 4 is 5.97 Å². The highest BCUT2D eigenvalue weighted by molar-refractivity contribution is 5.78. The fourth-order valence-electron chi connectivity index (χ4n) is 4.80. The molecule has 0 aliphatic carbocycles. The number of hydrogen-bond donors (Lipinski definition) is 12. The van der Waals surface area contributed by atoms with E-state index in [0.717, 1.165) is 12.0 Å². The van der Waals surface area contributed by atoms with E-state index in [1.165, 1.54) is 24.3 Å². The molecule has 1 aliphatic rings. The molecule has 1 fully saturated rings. The molecule has 0 spiro atoms. The van der Waals surface area contributed by atoms with Gasteiger partial charge in [0.15, 0.2) is 35.4 Å². The van der Waals surface area contributed by atoms with Crippen LogP contribution in [0.15, 0.2) is 36.4 Å². The van der Waals surface area contributed by atoms with Crippen molar-refractivity contribution in [3.63, 3.8) is 0 Å². The van der Waals surface area contributed by atoms with Crippen molar-refractivity contribution in [2.24, 2.45) is 0 Å². The molecule has 3 rings (SSSR count). The minimum absolute atomic E-state index is 0.107. The summed E-state index contributed by atoms with van der Waals surface area (Å²) in [6.45, 7) is 0.676. The summed E-state index contributed by atoms with van der Waals surface area (Å²) in [6, 6.07) is 8.96. The van der Waals surface area contributed by atoms with Gasteiger partial charge >= 0.3 is 5.97 Å². The molecule has 16 heteroatoms. The number of ether oxygens (including phenoxy) is 3. The minimum Gasteiger partial charge on any atom is -0.504 e. The van der Waals surface area contributed by atoms with E-state index in [-0.39, 0.29) is 23.3 Å². The molecular weight excluding hydrogens is 614 g/mol. The molecule has 258 valence electrons.